The number of hydrogen-bond acceptors (Lipinski definition) is 3. The van der Waals surface area contributed by atoms with Crippen LogP contribution >= 0.6 is 0 Å². The molecule has 2 heterocycles. The number of aromatic nitrogens is 1. The van der Waals surface area contributed by atoms with Crippen molar-refractivity contribution in [2.45, 2.75) is 78.3 Å². The summed E-state index contributed by atoms with van der Waals surface area (Å²) in [6, 6.07) is 2.84. The summed E-state index contributed by atoms with van der Waals surface area (Å²) < 4.78 is 0. The van der Waals surface area contributed by atoms with Crippen molar-refractivity contribution >= 4 is 22.7 Å². The zero-order chi connectivity index (χ0) is 25.9. The number of amides is 2. The van der Waals surface area contributed by atoms with E-state index in [2.05, 4.69) is 88.0 Å². The van der Waals surface area contributed by atoms with Crippen molar-refractivity contribution in [3.8, 4) is 0 Å². The number of aromatic amines is 1. The SMILES string of the molecule is C=CC(C)(C)c1[nH]c2c(CC=C(C)C)cc(CC=C(C)C)cc2c1CC1NC(=O)C(CO)NC1=O. The van der Waals surface area contributed by atoms with E-state index in [9.17, 15) is 14.7 Å². The van der Waals surface area contributed by atoms with E-state index >= 15 is 0 Å². The number of piperazine rings is 1. The molecule has 6 heteroatoms. The van der Waals surface area contributed by atoms with E-state index in [-0.39, 0.29) is 17.2 Å². The van der Waals surface area contributed by atoms with Crippen molar-refractivity contribution in [2.75, 3.05) is 6.61 Å². The largest absolute Gasteiger partial charge is 0.394 e. The van der Waals surface area contributed by atoms with Gasteiger partial charge in [-0.2, -0.15) is 0 Å². The normalized spacial score (nSPS) is 18.1. The van der Waals surface area contributed by atoms with Gasteiger partial charge in [-0.05, 0) is 63.3 Å². The van der Waals surface area contributed by atoms with Crippen LogP contribution in [-0.2, 0) is 34.3 Å². The number of nitrogens with one attached hydrogen (secondary N) is 3. The first kappa shape index (κ1) is 26.5. The standard InChI is InChI=1S/C29H39N3O3/c1-8-29(6,7)26-22(15-23-27(34)31-24(16-33)28(35)30-23)21-14-19(11-9-17(2)3)13-20(25(21)32-26)12-10-18(4)5/h8-10,13-14,23-24,32-33H,1,11-12,15-16H2,2-7H3,(H,30,35)(H,31,34). The zero-order valence-corrected chi connectivity index (χ0v) is 21.8. The molecule has 2 unspecified atom stereocenters. The van der Waals surface area contributed by atoms with Crippen molar-refractivity contribution in [1.29, 1.82) is 0 Å². The summed E-state index contributed by atoms with van der Waals surface area (Å²) in [5.74, 6) is -0.652. The summed E-state index contributed by atoms with van der Waals surface area (Å²) in [4.78, 5) is 28.9. The van der Waals surface area contributed by atoms with Gasteiger partial charge < -0.3 is 20.7 Å². The second kappa shape index (κ2) is 10.6. The van der Waals surface area contributed by atoms with Gasteiger partial charge in [-0.15, -0.1) is 6.58 Å². The molecule has 2 aromatic rings. The number of carbonyl (C=O) groups is 2. The van der Waals surface area contributed by atoms with Crippen LogP contribution in [0.1, 0.15) is 63.9 Å². The number of fused-ring (bicyclic) bond motifs is 1. The van der Waals surface area contributed by atoms with Gasteiger partial charge >= 0.3 is 0 Å². The summed E-state index contributed by atoms with van der Waals surface area (Å²) >= 11 is 0. The molecule has 1 fully saturated rings. The van der Waals surface area contributed by atoms with Crippen LogP contribution in [0.15, 0.2) is 48.1 Å². The number of hydrogen-bond donors (Lipinski definition) is 4. The number of aliphatic hydroxyl groups excluding tert-OH is 1. The smallest absolute Gasteiger partial charge is 0.245 e. The highest BCUT2D eigenvalue weighted by Crippen LogP contribution is 2.36. The monoisotopic (exact) mass is 477 g/mol. The number of allylic oxidation sites excluding steroid dienone is 5. The van der Waals surface area contributed by atoms with Gasteiger partial charge in [-0.1, -0.05) is 49.3 Å². The molecule has 2 atom stereocenters. The Kier molecular flexibility index (Phi) is 8.06. The predicted octanol–water partition coefficient (Wildman–Crippen LogP) is 4.17. The predicted molar refractivity (Wildman–Crippen MR) is 142 cm³/mol. The Morgan fingerprint density at radius 3 is 2.20 bits per heavy atom. The summed E-state index contributed by atoms with van der Waals surface area (Å²) in [5.41, 5.74) is 7.61. The summed E-state index contributed by atoms with van der Waals surface area (Å²) in [7, 11) is 0. The van der Waals surface area contributed by atoms with Crippen LogP contribution in [-0.4, -0.2) is 40.6 Å². The Hall–Kier alpha value is -3.12. The Bertz CT molecular complexity index is 1190. The maximum atomic E-state index is 12.8. The van der Waals surface area contributed by atoms with E-state index in [0.29, 0.717) is 6.42 Å². The van der Waals surface area contributed by atoms with Crippen LogP contribution in [0.3, 0.4) is 0 Å². The van der Waals surface area contributed by atoms with Gasteiger partial charge in [-0.3, -0.25) is 9.59 Å². The molecular formula is C29H39N3O3. The molecule has 1 aliphatic rings. The number of H-pyrrole nitrogens is 1. The third kappa shape index (κ3) is 5.93. The molecule has 3 rings (SSSR count). The van der Waals surface area contributed by atoms with Crippen LogP contribution in [0.2, 0.25) is 0 Å². The van der Waals surface area contributed by atoms with Gasteiger partial charge in [0.15, 0.2) is 0 Å². The molecule has 35 heavy (non-hydrogen) atoms. The van der Waals surface area contributed by atoms with Crippen LogP contribution in [0.4, 0.5) is 0 Å². The van der Waals surface area contributed by atoms with Gasteiger partial charge in [0, 0.05) is 28.4 Å². The molecule has 2 amide bonds. The second-order valence-corrected chi connectivity index (χ2v) is 10.6. The third-order valence-corrected chi connectivity index (χ3v) is 6.64. The molecule has 1 saturated heterocycles. The number of aliphatic hydroxyl groups is 1. The Morgan fingerprint density at radius 2 is 1.60 bits per heavy atom. The number of benzene rings is 1. The zero-order valence-electron chi connectivity index (χ0n) is 21.8. The molecule has 0 spiro atoms. The molecule has 1 aromatic carbocycles. The topological polar surface area (TPSA) is 94.2 Å². The maximum Gasteiger partial charge on any atom is 0.245 e. The molecule has 0 aliphatic carbocycles. The van der Waals surface area contributed by atoms with Gasteiger partial charge in [0.25, 0.3) is 0 Å². The molecule has 188 valence electrons. The van der Waals surface area contributed by atoms with Gasteiger partial charge in [0.2, 0.25) is 11.8 Å². The summed E-state index contributed by atoms with van der Waals surface area (Å²) in [5, 5.41) is 15.9. The fourth-order valence-electron chi connectivity index (χ4n) is 4.42. The average molecular weight is 478 g/mol. The van der Waals surface area contributed by atoms with Crippen molar-refractivity contribution in [2.24, 2.45) is 0 Å². The van der Waals surface area contributed by atoms with Gasteiger partial charge in [0.05, 0.1) is 6.61 Å². The highest BCUT2D eigenvalue weighted by atomic mass is 16.3. The van der Waals surface area contributed by atoms with Crippen LogP contribution in [0.5, 0.6) is 0 Å². The van der Waals surface area contributed by atoms with Crippen LogP contribution in [0, 0.1) is 0 Å². The Labute approximate surface area is 208 Å². The third-order valence-electron chi connectivity index (χ3n) is 6.64. The highest BCUT2D eigenvalue weighted by molar-refractivity contribution is 5.98. The molecule has 6 nitrogen and oxygen atoms in total. The highest BCUT2D eigenvalue weighted by Gasteiger charge is 2.35. The second-order valence-electron chi connectivity index (χ2n) is 10.6. The van der Waals surface area contributed by atoms with E-state index in [1.165, 1.54) is 22.3 Å². The molecule has 4 N–H and O–H groups in total. The lowest BCUT2D eigenvalue weighted by Crippen LogP contribution is -2.63. The maximum absolute atomic E-state index is 12.8. The van der Waals surface area contributed by atoms with E-state index in [1.807, 2.05) is 6.08 Å². The molecule has 1 aliphatic heterocycles. The van der Waals surface area contributed by atoms with Crippen molar-refractivity contribution in [1.82, 2.24) is 15.6 Å². The molecular weight excluding hydrogens is 438 g/mol. The van der Waals surface area contributed by atoms with Gasteiger partial charge in [0.1, 0.15) is 12.1 Å². The lowest BCUT2D eigenvalue weighted by Gasteiger charge is -2.29. The van der Waals surface area contributed by atoms with E-state index < -0.39 is 18.7 Å². The Balaban J connectivity index is 2.20. The lowest BCUT2D eigenvalue weighted by atomic mass is 9.84. The Morgan fingerprint density at radius 1 is 1.00 bits per heavy atom. The average Bonchev–Trinajstić information content (AvgIpc) is 3.17. The van der Waals surface area contributed by atoms with Crippen molar-refractivity contribution < 1.29 is 14.7 Å². The van der Waals surface area contributed by atoms with Crippen LogP contribution < -0.4 is 10.6 Å². The molecule has 1 aromatic heterocycles. The first-order chi connectivity index (χ1) is 16.5. The minimum atomic E-state index is -0.905. The number of carbonyl (C=O) groups excluding carboxylic acids is 2. The summed E-state index contributed by atoms with van der Waals surface area (Å²) in [6.45, 7) is 16.2. The fourth-order valence-corrected chi connectivity index (χ4v) is 4.42. The lowest BCUT2D eigenvalue weighted by molar-refractivity contribution is -0.137. The first-order valence-electron chi connectivity index (χ1n) is 12.3. The van der Waals surface area contributed by atoms with E-state index in [4.69, 9.17) is 0 Å². The number of rotatable bonds is 9. The molecule has 0 saturated carbocycles. The van der Waals surface area contributed by atoms with E-state index in [0.717, 1.165) is 35.0 Å². The van der Waals surface area contributed by atoms with Crippen LogP contribution in [0.25, 0.3) is 10.9 Å². The quantitative estimate of drug-likeness (QED) is 0.409. The molecule has 0 bridgehead atoms. The molecule has 0 radical (unpaired) electrons. The van der Waals surface area contributed by atoms with Gasteiger partial charge in [-0.25, -0.2) is 0 Å². The van der Waals surface area contributed by atoms with Crippen molar-refractivity contribution in [3.63, 3.8) is 0 Å². The minimum absolute atomic E-state index is 0.286. The first-order valence-corrected chi connectivity index (χ1v) is 12.3. The minimum Gasteiger partial charge on any atom is -0.394 e. The van der Waals surface area contributed by atoms with Crippen molar-refractivity contribution in [3.05, 3.63) is 70.5 Å². The fraction of sp³-hybridized carbons (Fsp3) is 0.448. The van der Waals surface area contributed by atoms with E-state index in [1.54, 1.807) is 0 Å². The summed E-state index contributed by atoms with van der Waals surface area (Å²) in [6.07, 6.45) is 8.32.